The van der Waals surface area contributed by atoms with Gasteiger partial charge in [-0.05, 0) is 39.0 Å². The van der Waals surface area contributed by atoms with Gasteiger partial charge in [0.25, 0.3) is 0 Å². The first kappa shape index (κ1) is 17.6. The number of aliphatic imine (C=N–C) groups is 1. The van der Waals surface area contributed by atoms with E-state index in [9.17, 15) is 0 Å². The highest BCUT2D eigenvalue weighted by molar-refractivity contribution is 5.83. The van der Waals surface area contributed by atoms with Crippen LogP contribution in [0.5, 0.6) is 0 Å². The van der Waals surface area contributed by atoms with Crippen LogP contribution in [-0.4, -0.2) is 25.3 Å². The second-order valence-electron chi connectivity index (χ2n) is 5.74. The molecule has 0 spiro atoms. The third-order valence-corrected chi connectivity index (χ3v) is 3.11. The lowest BCUT2D eigenvalue weighted by molar-refractivity contribution is 0.917. The summed E-state index contributed by atoms with van der Waals surface area (Å²) in [5, 5.41) is 4.13. The van der Waals surface area contributed by atoms with Gasteiger partial charge in [-0.2, -0.15) is 0 Å². The molecule has 2 N–H and O–H groups in total. The van der Waals surface area contributed by atoms with Crippen molar-refractivity contribution >= 4 is 22.9 Å². The Labute approximate surface area is 142 Å². The van der Waals surface area contributed by atoms with Gasteiger partial charge < -0.3 is 5.73 Å². The smallest absolute Gasteiger partial charge is 0.238 e. The number of rotatable bonds is 2. The number of nitrogens with two attached hydrogens (primary N) is 1. The fraction of sp³-hybridized carbons (Fsp3) is 0.333. The van der Waals surface area contributed by atoms with Crippen LogP contribution in [0.3, 0.4) is 0 Å². The van der Waals surface area contributed by atoms with Gasteiger partial charge in [0.2, 0.25) is 5.95 Å². The fourth-order valence-corrected chi connectivity index (χ4v) is 2.19. The number of hydrogen-bond acceptors (Lipinski definition) is 5. The Morgan fingerprint density at radius 3 is 2.54 bits per heavy atom. The van der Waals surface area contributed by atoms with E-state index in [1.54, 1.807) is 10.7 Å². The lowest BCUT2D eigenvalue weighted by Crippen LogP contribution is -1.99. The molecule has 0 unspecified atom stereocenters. The largest absolute Gasteiger partial charge is 0.367 e. The van der Waals surface area contributed by atoms with Crippen LogP contribution in [0.25, 0.3) is 16.8 Å². The molecule has 0 aliphatic rings. The first-order valence-electron chi connectivity index (χ1n) is 8.06. The van der Waals surface area contributed by atoms with E-state index in [2.05, 4.69) is 33.9 Å². The Morgan fingerprint density at radius 2 is 1.92 bits per heavy atom. The third-order valence-electron chi connectivity index (χ3n) is 3.11. The molecule has 3 heterocycles. The van der Waals surface area contributed by atoms with Crippen LogP contribution in [0.1, 0.15) is 39.8 Å². The van der Waals surface area contributed by atoms with E-state index in [4.69, 9.17) is 5.73 Å². The number of hydrogen-bond donors (Lipinski definition) is 1. The molecule has 0 aromatic carbocycles. The highest BCUT2D eigenvalue weighted by Crippen LogP contribution is 2.27. The zero-order valence-electron chi connectivity index (χ0n) is 14.9. The van der Waals surface area contributed by atoms with Gasteiger partial charge in [-0.1, -0.05) is 20.3 Å². The van der Waals surface area contributed by atoms with Gasteiger partial charge in [0.05, 0.1) is 28.8 Å². The van der Waals surface area contributed by atoms with Crippen molar-refractivity contribution in [2.24, 2.45) is 4.99 Å². The molecule has 24 heavy (non-hydrogen) atoms. The molecular weight excluding hydrogens is 300 g/mol. The SMILES string of the molecule is CC(C)=Nc1ccc(-c2ccn3nc(N)ncc23)nc1C.CCC. The molecule has 0 bridgehead atoms. The summed E-state index contributed by atoms with van der Waals surface area (Å²) in [6.07, 6.45) is 4.80. The number of fused-ring (bicyclic) bond motifs is 1. The van der Waals surface area contributed by atoms with E-state index in [1.165, 1.54) is 6.42 Å². The van der Waals surface area contributed by atoms with Crippen LogP contribution in [0, 0.1) is 6.92 Å². The van der Waals surface area contributed by atoms with E-state index in [-0.39, 0.29) is 5.95 Å². The summed E-state index contributed by atoms with van der Waals surface area (Å²) < 4.78 is 1.71. The Morgan fingerprint density at radius 1 is 1.21 bits per heavy atom. The number of nitrogens with zero attached hydrogens (tertiary/aromatic N) is 5. The van der Waals surface area contributed by atoms with Gasteiger partial charge in [-0.3, -0.25) is 9.98 Å². The Kier molecular flexibility index (Phi) is 5.63. The van der Waals surface area contributed by atoms with Gasteiger partial charge in [0.1, 0.15) is 0 Å². The molecule has 3 aromatic heterocycles. The minimum absolute atomic E-state index is 0.247. The van der Waals surface area contributed by atoms with Crippen molar-refractivity contribution in [3.63, 3.8) is 0 Å². The number of aryl methyl sites for hydroxylation is 1. The highest BCUT2D eigenvalue weighted by atomic mass is 15.3. The molecule has 6 nitrogen and oxygen atoms in total. The van der Waals surface area contributed by atoms with E-state index in [1.807, 2.05) is 45.2 Å². The second kappa shape index (κ2) is 7.68. The predicted octanol–water partition coefficient (Wildman–Crippen LogP) is 4.21. The number of aromatic nitrogens is 4. The summed E-state index contributed by atoms with van der Waals surface area (Å²) in [5.41, 5.74) is 11.1. The van der Waals surface area contributed by atoms with Crippen molar-refractivity contribution in [1.29, 1.82) is 0 Å². The summed E-state index contributed by atoms with van der Waals surface area (Å²) in [5.74, 6) is 0.247. The lowest BCUT2D eigenvalue weighted by Gasteiger charge is -2.04. The molecule has 3 rings (SSSR count). The number of nitrogen functional groups attached to an aromatic ring is 1. The topological polar surface area (TPSA) is 81.5 Å². The lowest BCUT2D eigenvalue weighted by atomic mass is 10.1. The first-order chi connectivity index (χ1) is 11.5. The van der Waals surface area contributed by atoms with Crippen molar-refractivity contribution in [3.05, 3.63) is 36.3 Å². The van der Waals surface area contributed by atoms with Crippen LogP contribution >= 0.6 is 0 Å². The zero-order chi connectivity index (χ0) is 17.7. The summed E-state index contributed by atoms with van der Waals surface area (Å²) in [6, 6.07) is 5.89. The number of anilines is 1. The van der Waals surface area contributed by atoms with Gasteiger partial charge in [-0.15, -0.1) is 5.10 Å². The second-order valence-corrected chi connectivity index (χ2v) is 5.74. The summed E-state index contributed by atoms with van der Waals surface area (Å²) in [6.45, 7) is 10.1. The summed E-state index contributed by atoms with van der Waals surface area (Å²) in [4.78, 5) is 13.1. The maximum atomic E-state index is 5.59. The van der Waals surface area contributed by atoms with Crippen LogP contribution in [-0.2, 0) is 0 Å². The maximum Gasteiger partial charge on any atom is 0.238 e. The quantitative estimate of drug-likeness (QED) is 0.716. The molecule has 0 saturated carbocycles. The molecule has 0 fully saturated rings. The first-order valence-corrected chi connectivity index (χ1v) is 8.06. The number of pyridine rings is 1. The molecule has 0 atom stereocenters. The standard InChI is InChI=1S/C15H16N6.C3H8/c1-9(2)18-12-4-5-13(19-10(12)3)11-6-7-21-14(11)8-17-15(16)20-21;1-3-2/h4-8H,1-3H3,(H2,16,20);3H2,1-2H3. The van der Waals surface area contributed by atoms with E-state index < -0.39 is 0 Å². The average molecular weight is 324 g/mol. The van der Waals surface area contributed by atoms with Gasteiger partial charge in [0.15, 0.2) is 0 Å². The Bertz CT molecular complexity index is 859. The molecule has 0 aliphatic carbocycles. The van der Waals surface area contributed by atoms with Gasteiger partial charge in [-0.25, -0.2) is 9.50 Å². The van der Waals surface area contributed by atoms with Gasteiger partial charge in [0, 0.05) is 17.5 Å². The van der Waals surface area contributed by atoms with Crippen LogP contribution in [0.2, 0.25) is 0 Å². The molecule has 126 valence electrons. The molecule has 0 aliphatic heterocycles. The third kappa shape index (κ3) is 3.95. The van der Waals surface area contributed by atoms with Crippen LogP contribution < -0.4 is 5.73 Å². The molecule has 0 radical (unpaired) electrons. The molecule has 0 saturated heterocycles. The molecule has 3 aromatic rings. The monoisotopic (exact) mass is 324 g/mol. The zero-order valence-corrected chi connectivity index (χ0v) is 14.9. The summed E-state index contributed by atoms with van der Waals surface area (Å²) >= 11 is 0. The molecule has 0 amide bonds. The normalized spacial score (nSPS) is 10.2. The maximum absolute atomic E-state index is 5.59. The Hall–Kier alpha value is -2.76. The van der Waals surface area contributed by atoms with Crippen molar-refractivity contribution < 1.29 is 0 Å². The van der Waals surface area contributed by atoms with E-state index in [0.717, 1.165) is 33.9 Å². The van der Waals surface area contributed by atoms with Crippen molar-refractivity contribution in [2.75, 3.05) is 5.73 Å². The molecular formula is C18H24N6. The van der Waals surface area contributed by atoms with Crippen molar-refractivity contribution in [2.45, 2.75) is 41.0 Å². The Balaban J connectivity index is 0.000000647. The summed E-state index contributed by atoms with van der Waals surface area (Å²) in [7, 11) is 0. The minimum atomic E-state index is 0.247. The minimum Gasteiger partial charge on any atom is -0.367 e. The van der Waals surface area contributed by atoms with Crippen molar-refractivity contribution in [1.82, 2.24) is 19.6 Å². The molecule has 6 heteroatoms. The van der Waals surface area contributed by atoms with E-state index in [0.29, 0.717) is 0 Å². The van der Waals surface area contributed by atoms with Crippen LogP contribution in [0.4, 0.5) is 11.6 Å². The van der Waals surface area contributed by atoms with Crippen molar-refractivity contribution in [3.8, 4) is 11.3 Å². The van der Waals surface area contributed by atoms with E-state index >= 15 is 0 Å². The highest BCUT2D eigenvalue weighted by Gasteiger charge is 2.09. The fourth-order valence-electron chi connectivity index (χ4n) is 2.19. The predicted molar refractivity (Wildman–Crippen MR) is 99.8 cm³/mol. The van der Waals surface area contributed by atoms with Gasteiger partial charge >= 0.3 is 0 Å². The van der Waals surface area contributed by atoms with Crippen LogP contribution in [0.15, 0.2) is 35.6 Å². The average Bonchev–Trinajstić information content (AvgIpc) is 2.92.